The number of amides is 1. The molecular weight excluding hydrogens is 364 g/mol. The van der Waals surface area contributed by atoms with Gasteiger partial charge >= 0.3 is 5.97 Å². The van der Waals surface area contributed by atoms with Gasteiger partial charge in [0.2, 0.25) is 11.7 Å². The van der Waals surface area contributed by atoms with Crippen molar-refractivity contribution < 1.29 is 28.5 Å². The van der Waals surface area contributed by atoms with Gasteiger partial charge in [0.1, 0.15) is 0 Å². The lowest BCUT2D eigenvalue weighted by molar-refractivity contribution is -0.114. The van der Waals surface area contributed by atoms with E-state index in [1.807, 2.05) is 0 Å². The van der Waals surface area contributed by atoms with Gasteiger partial charge in [-0.1, -0.05) is 12.1 Å². The maximum atomic E-state index is 12.3. The number of rotatable bonds is 9. The molecule has 0 aliphatic heterocycles. The summed E-state index contributed by atoms with van der Waals surface area (Å²) in [5.74, 6) is 0.583. The predicted molar refractivity (Wildman–Crippen MR) is 106 cm³/mol. The molecule has 2 aromatic carbocycles. The van der Waals surface area contributed by atoms with E-state index < -0.39 is 5.97 Å². The van der Waals surface area contributed by atoms with Gasteiger partial charge in [-0.05, 0) is 19.1 Å². The van der Waals surface area contributed by atoms with Crippen molar-refractivity contribution >= 4 is 23.3 Å². The normalized spacial score (nSPS) is 10.0. The molecule has 0 aromatic heterocycles. The first-order valence-electron chi connectivity index (χ1n) is 8.63. The molecule has 8 heteroatoms. The fourth-order valence-electron chi connectivity index (χ4n) is 2.54. The van der Waals surface area contributed by atoms with Crippen LogP contribution in [0.1, 0.15) is 17.3 Å². The molecule has 0 spiro atoms. The Balaban J connectivity index is 2.09. The van der Waals surface area contributed by atoms with Crippen LogP contribution in [-0.2, 0) is 9.53 Å². The quantitative estimate of drug-likeness (QED) is 0.638. The summed E-state index contributed by atoms with van der Waals surface area (Å²) in [6.07, 6.45) is 0. The lowest BCUT2D eigenvalue weighted by Crippen LogP contribution is -2.23. The van der Waals surface area contributed by atoms with Crippen LogP contribution in [0.4, 0.5) is 11.4 Å². The highest BCUT2D eigenvalue weighted by molar-refractivity contribution is 6.02. The van der Waals surface area contributed by atoms with Gasteiger partial charge < -0.3 is 29.6 Å². The van der Waals surface area contributed by atoms with E-state index in [1.54, 1.807) is 43.3 Å². The molecule has 0 aliphatic carbocycles. The summed E-state index contributed by atoms with van der Waals surface area (Å²) in [6.45, 7) is 1.94. The van der Waals surface area contributed by atoms with Gasteiger partial charge in [0.25, 0.3) is 0 Å². The molecule has 150 valence electrons. The average molecular weight is 388 g/mol. The molecule has 0 atom stereocenters. The second-order valence-electron chi connectivity index (χ2n) is 5.58. The number of para-hydroxylation sites is 1. The zero-order chi connectivity index (χ0) is 20.5. The van der Waals surface area contributed by atoms with Crippen LogP contribution in [-0.4, -0.2) is 46.4 Å². The number of nitrogens with one attached hydrogen (secondary N) is 2. The zero-order valence-electron chi connectivity index (χ0n) is 16.3. The molecule has 2 rings (SSSR count). The number of esters is 1. The van der Waals surface area contributed by atoms with Gasteiger partial charge in [-0.25, -0.2) is 4.79 Å². The van der Waals surface area contributed by atoms with Crippen LogP contribution in [0.15, 0.2) is 36.4 Å². The topological polar surface area (TPSA) is 95.1 Å². The molecular formula is C20H24N2O6. The molecule has 0 aliphatic rings. The first kappa shape index (κ1) is 20.9. The van der Waals surface area contributed by atoms with Gasteiger partial charge in [-0.2, -0.15) is 0 Å². The van der Waals surface area contributed by atoms with Gasteiger partial charge in [0.15, 0.2) is 11.5 Å². The number of benzene rings is 2. The van der Waals surface area contributed by atoms with Gasteiger partial charge in [-0.15, -0.1) is 0 Å². The Bertz CT molecular complexity index is 812. The maximum absolute atomic E-state index is 12.3. The maximum Gasteiger partial charge on any atom is 0.340 e. The minimum atomic E-state index is -0.490. The summed E-state index contributed by atoms with van der Waals surface area (Å²) in [5.41, 5.74) is 1.30. The number of hydrogen-bond donors (Lipinski definition) is 2. The van der Waals surface area contributed by atoms with Gasteiger partial charge in [-0.3, -0.25) is 4.79 Å². The van der Waals surface area contributed by atoms with Crippen molar-refractivity contribution in [2.45, 2.75) is 6.92 Å². The first-order chi connectivity index (χ1) is 13.5. The highest BCUT2D eigenvalue weighted by Crippen LogP contribution is 2.39. The number of ether oxygens (including phenoxy) is 4. The van der Waals surface area contributed by atoms with Crippen LogP contribution < -0.4 is 24.8 Å². The van der Waals surface area contributed by atoms with Crippen molar-refractivity contribution in [3.05, 3.63) is 42.0 Å². The fourth-order valence-corrected chi connectivity index (χ4v) is 2.54. The van der Waals surface area contributed by atoms with E-state index in [2.05, 4.69) is 10.6 Å². The van der Waals surface area contributed by atoms with Crippen LogP contribution in [0.5, 0.6) is 17.2 Å². The molecule has 0 radical (unpaired) electrons. The summed E-state index contributed by atoms with van der Waals surface area (Å²) in [4.78, 5) is 24.3. The monoisotopic (exact) mass is 388 g/mol. The molecule has 8 nitrogen and oxygen atoms in total. The summed E-state index contributed by atoms with van der Waals surface area (Å²) in [5, 5.41) is 5.71. The molecule has 2 aromatic rings. The van der Waals surface area contributed by atoms with E-state index in [0.717, 1.165) is 0 Å². The van der Waals surface area contributed by atoms with Crippen LogP contribution in [0.25, 0.3) is 0 Å². The van der Waals surface area contributed by atoms with E-state index in [0.29, 0.717) is 34.2 Å². The largest absolute Gasteiger partial charge is 0.493 e. The second-order valence-corrected chi connectivity index (χ2v) is 5.58. The van der Waals surface area contributed by atoms with E-state index >= 15 is 0 Å². The molecule has 28 heavy (non-hydrogen) atoms. The Morgan fingerprint density at radius 2 is 1.61 bits per heavy atom. The summed E-state index contributed by atoms with van der Waals surface area (Å²) < 4.78 is 20.9. The molecule has 0 bridgehead atoms. The van der Waals surface area contributed by atoms with E-state index in [4.69, 9.17) is 18.9 Å². The smallest absolute Gasteiger partial charge is 0.340 e. The lowest BCUT2D eigenvalue weighted by atomic mass is 10.2. The molecule has 0 unspecified atom stereocenters. The van der Waals surface area contributed by atoms with Crippen molar-refractivity contribution in [3.63, 3.8) is 0 Å². The minimum absolute atomic E-state index is 0.0319. The SMILES string of the molecule is CCOC(=O)c1ccccc1NC(=O)CNc1cc(OC)c(OC)c(OC)c1. The Hall–Kier alpha value is -3.42. The van der Waals surface area contributed by atoms with Crippen LogP contribution in [0.2, 0.25) is 0 Å². The number of anilines is 2. The minimum Gasteiger partial charge on any atom is -0.493 e. The lowest BCUT2D eigenvalue weighted by Gasteiger charge is -2.15. The van der Waals surface area contributed by atoms with Crippen molar-refractivity contribution in [3.8, 4) is 17.2 Å². The molecule has 0 saturated carbocycles. The van der Waals surface area contributed by atoms with Crippen molar-refractivity contribution in [2.24, 2.45) is 0 Å². The highest BCUT2D eigenvalue weighted by Gasteiger charge is 2.15. The van der Waals surface area contributed by atoms with Crippen LogP contribution in [0, 0.1) is 0 Å². The van der Waals surface area contributed by atoms with Crippen molar-refractivity contribution in [1.29, 1.82) is 0 Å². The standard InChI is InChI=1S/C20H24N2O6/c1-5-28-20(24)14-8-6-7-9-15(14)22-18(23)12-21-13-10-16(25-2)19(27-4)17(11-13)26-3/h6-11,21H,5,12H2,1-4H3,(H,22,23). The number of methoxy groups -OCH3 is 3. The number of hydrogen-bond acceptors (Lipinski definition) is 7. The molecule has 2 N–H and O–H groups in total. The van der Waals surface area contributed by atoms with Crippen LogP contribution >= 0.6 is 0 Å². The Morgan fingerprint density at radius 3 is 2.18 bits per heavy atom. The summed E-state index contributed by atoms with van der Waals surface area (Å²) >= 11 is 0. The Kier molecular flexibility index (Phi) is 7.50. The molecule has 0 saturated heterocycles. The molecule has 0 fully saturated rings. The third-order valence-corrected chi connectivity index (χ3v) is 3.81. The number of carbonyl (C=O) groups is 2. The van der Waals surface area contributed by atoms with Gasteiger partial charge in [0, 0.05) is 17.8 Å². The number of carbonyl (C=O) groups excluding carboxylic acids is 2. The fraction of sp³-hybridized carbons (Fsp3) is 0.300. The zero-order valence-corrected chi connectivity index (χ0v) is 16.3. The Labute approximate surface area is 163 Å². The molecule has 0 heterocycles. The van der Waals surface area contributed by atoms with Crippen LogP contribution in [0.3, 0.4) is 0 Å². The third-order valence-electron chi connectivity index (χ3n) is 3.81. The summed E-state index contributed by atoms with van der Waals surface area (Å²) in [7, 11) is 4.54. The van der Waals surface area contributed by atoms with E-state index in [-0.39, 0.29) is 19.1 Å². The molecule has 1 amide bonds. The Morgan fingerprint density at radius 1 is 0.964 bits per heavy atom. The van der Waals surface area contributed by atoms with Gasteiger partial charge in [0.05, 0.1) is 45.7 Å². The third kappa shape index (κ3) is 5.06. The highest BCUT2D eigenvalue weighted by atomic mass is 16.5. The van der Waals surface area contributed by atoms with E-state index in [9.17, 15) is 9.59 Å². The van der Waals surface area contributed by atoms with Crippen molar-refractivity contribution in [2.75, 3.05) is 45.1 Å². The van der Waals surface area contributed by atoms with Crippen molar-refractivity contribution in [1.82, 2.24) is 0 Å². The first-order valence-corrected chi connectivity index (χ1v) is 8.63. The van der Waals surface area contributed by atoms with E-state index in [1.165, 1.54) is 21.3 Å². The second kappa shape index (κ2) is 10.1. The average Bonchev–Trinajstić information content (AvgIpc) is 2.71. The predicted octanol–water partition coefficient (Wildman–Crippen LogP) is 2.94. The summed E-state index contributed by atoms with van der Waals surface area (Å²) in [6, 6.07) is 10.1.